The zero-order valence-corrected chi connectivity index (χ0v) is 49.4. The highest BCUT2D eigenvalue weighted by atomic mass is 16.6. The first kappa shape index (κ1) is 71.1. The Morgan fingerprint density at radius 3 is 0.838 bits per heavy atom. The molecule has 0 radical (unpaired) electrons. The van der Waals surface area contributed by atoms with E-state index in [2.05, 4.69) is 81.5 Å². The van der Waals surface area contributed by atoms with E-state index in [4.69, 9.17) is 14.2 Å². The number of hydrogen-bond donors (Lipinski definition) is 0. The molecule has 0 fully saturated rings. The van der Waals surface area contributed by atoms with Crippen LogP contribution in [-0.2, 0) is 28.6 Å². The summed E-state index contributed by atoms with van der Waals surface area (Å²) in [5, 5.41) is 0. The van der Waals surface area contributed by atoms with Crippen LogP contribution in [0, 0.1) is 0 Å². The Labute approximate surface area is 460 Å². The second kappa shape index (κ2) is 62.6. The van der Waals surface area contributed by atoms with Crippen LogP contribution in [0.25, 0.3) is 0 Å². The lowest BCUT2D eigenvalue weighted by Crippen LogP contribution is -2.30. The average Bonchev–Trinajstić information content (AvgIpc) is 3.40. The smallest absolute Gasteiger partial charge is 0.306 e. The number of ether oxygens (including phenoxy) is 3. The van der Waals surface area contributed by atoms with Crippen molar-refractivity contribution in [2.45, 2.75) is 341 Å². The van der Waals surface area contributed by atoms with E-state index in [-0.39, 0.29) is 31.1 Å². The van der Waals surface area contributed by atoms with E-state index in [1.54, 1.807) is 0 Å². The first-order valence-corrected chi connectivity index (χ1v) is 32.3. The quantitative estimate of drug-likeness (QED) is 0.0261. The van der Waals surface area contributed by atoms with Crippen molar-refractivity contribution in [2.75, 3.05) is 13.2 Å². The van der Waals surface area contributed by atoms with Gasteiger partial charge in [-0.1, -0.05) is 293 Å². The maximum absolute atomic E-state index is 12.9. The standard InChI is InChI=1S/C68H122O6/c1-4-7-10-13-16-19-22-25-28-30-32-33-34-35-36-38-40-43-46-49-52-55-58-61-67(70)73-64-65(63-72-66(69)60-57-54-51-48-45-42-39-27-24-21-18-15-12-9-6-3)74-68(71)62-59-56-53-50-47-44-41-37-31-29-26-23-20-17-14-11-8-5-2/h9,12,18,20-21,23,27,29,31,39,65H,4-8,10-11,13-17,19,22,24-26,28,30,32-38,40-64H2,1-3H3/b12-9-,21-18-,23-20-,31-29-,39-27-. The Bertz CT molecular complexity index is 1330. The van der Waals surface area contributed by atoms with Crippen molar-refractivity contribution in [1.29, 1.82) is 0 Å². The summed E-state index contributed by atoms with van der Waals surface area (Å²) in [6.45, 7) is 6.54. The number of allylic oxidation sites excluding steroid dienone is 10. The largest absolute Gasteiger partial charge is 0.462 e. The molecule has 0 saturated heterocycles. The number of carbonyl (C=O) groups is 3. The molecule has 0 aliphatic rings. The SMILES string of the molecule is CC/C=C\C/C=C\C/C=C\CCCCCCCC(=O)OCC(COC(=O)CCCCCCCCCCCCCCCCCCCCCCCCC)OC(=O)CCCCCCCCC/C=C\C/C=C\CCCCCC. The summed E-state index contributed by atoms with van der Waals surface area (Å²) in [7, 11) is 0. The van der Waals surface area contributed by atoms with E-state index in [1.165, 1.54) is 186 Å². The summed E-state index contributed by atoms with van der Waals surface area (Å²) in [6, 6.07) is 0. The first-order chi connectivity index (χ1) is 36.5. The molecule has 430 valence electrons. The topological polar surface area (TPSA) is 78.9 Å². The molecule has 1 atom stereocenters. The van der Waals surface area contributed by atoms with Crippen LogP contribution in [0.4, 0.5) is 0 Å². The lowest BCUT2D eigenvalue weighted by Gasteiger charge is -2.18. The molecule has 0 bridgehead atoms. The normalized spacial score (nSPS) is 12.4. The van der Waals surface area contributed by atoms with Gasteiger partial charge in [-0.25, -0.2) is 0 Å². The lowest BCUT2D eigenvalue weighted by atomic mass is 10.0. The van der Waals surface area contributed by atoms with E-state index < -0.39 is 6.10 Å². The van der Waals surface area contributed by atoms with Gasteiger partial charge in [0.15, 0.2) is 6.10 Å². The summed E-state index contributed by atoms with van der Waals surface area (Å²) in [5.41, 5.74) is 0. The molecule has 0 spiro atoms. The highest BCUT2D eigenvalue weighted by Crippen LogP contribution is 2.17. The van der Waals surface area contributed by atoms with E-state index in [1.807, 2.05) is 0 Å². The average molecular weight is 1040 g/mol. The van der Waals surface area contributed by atoms with Crippen molar-refractivity contribution in [3.8, 4) is 0 Å². The molecule has 0 saturated carbocycles. The summed E-state index contributed by atoms with van der Waals surface area (Å²) < 4.78 is 16.9. The van der Waals surface area contributed by atoms with Crippen molar-refractivity contribution in [1.82, 2.24) is 0 Å². The van der Waals surface area contributed by atoms with Gasteiger partial charge in [-0.15, -0.1) is 0 Å². The second-order valence-corrected chi connectivity index (χ2v) is 21.6. The monoisotopic (exact) mass is 1030 g/mol. The van der Waals surface area contributed by atoms with E-state index in [0.29, 0.717) is 19.3 Å². The minimum Gasteiger partial charge on any atom is -0.462 e. The van der Waals surface area contributed by atoms with Crippen LogP contribution in [0.15, 0.2) is 60.8 Å². The van der Waals surface area contributed by atoms with E-state index >= 15 is 0 Å². The van der Waals surface area contributed by atoms with Gasteiger partial charge in [0.2, 0.25) is 0 Å². The van der Waals surface area contributed by atoms with Gasteiger partial charge in [-0.05, 0) is 83.5 Å². The van der Waals surface area contributed by atoms with Gasteiger partial charge >= 0.3 is 17.9 Å². The van der Waals surface area contributed by atoms with Crippen LogP contribution in [0.1, 0.15) is 335 Å². The molecule has 74 heavy (non-hydrogen) atoms. The fourth-order valence-electron chi connectivity index (χ4n) is 9.43. The van der Waals surface area contributed by atoms with Gasteiger partial charge in [0.25, 0.3) is 0 Å². The second-order valence-electron chi connectivity index (χ2n) is 21.6. The molecule has 0 aromatic heterocycles. The molecule has 0 aliphatic carbocycles. The molecule has 0 aromatic rings. The summed E-state index contributed by atoms with van der Waals surface area (Å²) in [6.07, 6.45) is 79.4. The minimum absolute atomic E-state index is 0.0801. The number of esters is 3. The maximum Gasteiger partial charge on any atom is 0.306 e. The van der Waals surface area contributed by atoms with Gasteiger partial charge in [-0.3, -0.25) is 14.4 Å². The third kappa shape index (κ3) is 60.0. The molecule has 6 heteroatoms. The third-order valence-electron chi connectivity index (χ3n) is 14.3. The predicted molar refractivity (Wildman–Crippen MR) is 321 cm³/mol. The fraction of sp³-hybridized carbons (Fsp3) is 0.809. The molecule has 1 unspecified atom stereocenters. The van der Waals surface area contributed by atoms with Crippen LogP contribution in [-0.4, -0.2) is 37.2 Å². The zero-order chi connectivity index (χ0) is 53.6. The van der Waals surface area contributed by atoms with Crippen LogP contribution in [0.3, 0.4) is 0 Å². The predicted octanol–water partition coefficient (Wildman–Crippen LogP) is 21.9. The minimum atomic E-state index is -0.785. The number of rotatable bonds is 59. The molecule has 0 rings (SSSR count). The van der Waals surface area contributed by atoms with Crippen LogP contribution < -0.4 is 0 Å². The Morgan fingerprint density at radius 1 is 0.284 bits per heavy atom. The number of carbonyl (C=O) groups excluding carboxylic acids is 3. The van der Waals surface area contributed by atoms with Crippen LogP contribution in [0.2, 0.25) is 0 Å². The van der Waals surface area contributed by atoms with E-state index in [0.717, 1.165) is 109 Å². The van der Waals surface area contributed by atoms with Crippen molar-refractivity contribution >= 4 is 17.9 Å². The number of unbranched alkanes of at least 4 members (excludes halogenated alkanes) is 38. The fourth-order valence-corrected chi connectivity index (χ4v) is 9.43. The maximum atomic E-state index is 12.9. The molecule has 0 amide bonds. The third-order valence-corrected chi connectivity index (χ3v) is 14.3. The van der Waals surface area contributed by atoms with Crippen molar-refractivity contribution in [3.63, 3.8) is 0 Å². The lowest BCUT2D eigenvalue weighted by molar-refractivity contribution is -0.167. The van der Waals surface area contributed by atoms with Gasteiger partial charge in [0.05, 0.1) is 0 Å². The highest BCUT2D eigenvalue weighted by Gasteiger charge is 2.19. The van der Waals surface area contributed by atoms with E-state index in [9.17, 15) is 14.4 Å². The number of hydrogen-bond acceptors (Lipinski definition) is 6. The first-order valence-electron chi connectivity index (χ1n) is 32.3. The summed E-state index contributed by atoms with van der Waals surface area (Å²) in [5.74, 6) is -0.887. The van der Waals surface area contributed by atoms with Crippen molar-refractivity contribution in [3.05, 3.63) is 60.8 Å². The highest BCUT2D eigenvalue weighted by molar-refractivity contribution is 5.71. The summed E-state index contributed by atoms with van der Waals surface area (Å²) in [4.78, 5) is 38.3. The van der Waals surface area contributed by atoms with Gasteiger partial charge in [-0.2, -0.15) is 0 Å². The van der Waals surface area contributed by atoms with Crippen molar-refractivity contribution in [2.24, 2.45) is 0 Å². The molecule has 6 nitrogen and oxygen atoms in total. The molecule has 0 heterocycles. The Balaban J connectivity index is 4.32. The Hall–Kier alpha value is -2.89. The van der Waals surface area contributed by atoms with Crippen LogP contribution in [0.5, 0.6) is 0 Å². The molecular formula is C68H122O6. The zero-order valence-electron chi connectivity index (χ0n) is 49.4. The van der Waals surface area contributed by atoms with Gasteiger partial charge < -0.3 is 14.2 Å². The Kier molecular flexibility index (Phi) is 60.2. The molecule has 0 aromatic carbocycles. The molecular weight excluding hydrogens is 913 g/mol. The summed E-state index contributed by atoms with van der Waals surface area (Å²) >= 11 is 0. The Morgan fingerprint density at radius 2 is 0.527 bits per heavy atom. The molecule has 0 aliphatic heterocycles. The van der Waals surface area contributed by atoms with Gasteiger partial charge in [0.1, 0.15) is 13.2 Å². The van der Waals surface area contributed by atoms with Crippen molar-refractivity contribution < 1.29 is 28.6 Å². The van der Waals surface area contributed by atoms with Gasteiger partial charge in [0, 0.05) is 19.3 Å². The van der Waals surface area contributed by atoms with Crippen LogP contribution >= 0.6 is 0 Å². The molecule has 0 N–H and O–H groups in total.